The molecule has 4 heterocycles. The number of hydrogen-bond donors (Lipinski definition) is 1. The van der Waals surface area contributed by atoms with Crippen LogP contribution in [0, 0.1) is 5.92 Å². The summed E-state index contributed by atoms with van der Waals surface area (Å²) in [6.07, 6.45) is 5.30. The Morgan fingerprint density at radius 1 is 1.36 bits per heavy atom. The van der Waals surface area contributed by atoms with Gasteiger partial charge in [-0.2, -0.15) is 0 Å². The second-order valence-corrected chi connectivity index (χ2v) is 7.99. The van der Waals surface area contributed by atoms with Crippen molar-refractivity contribution in [3.63, 3.8) is 0 Å². The molecule has 25 heavy (non-hydrogen) atoms. The van der Waals surface area contributed by atoms with E-state index in [2.05, 4.69) is 22.1 Å². The molecule has 2 aliphatic heterocycles. The maximum atomic E-state index is 12.9. The van der Waals surface area contributed by atoms with Crippen molar-refractivity contribution in [2.75, 3.05) is 26.2 Å². The normalized spacial score (nSPS) is 20.6. The van der Waals surface area contributed by atoms with Crippen LogP contribution in [0.2, 0.25) is 0 Å². The van der Waals surface area contributed by atoms with Crippen molar-refractivity contribution in [1.82, 2.24) is 19.8 Å². The molecular weight excluding hydrogens is 379 g/mol. The van der Waals surface area contributed by atoms with Crippen molar-refractivity contribution >= 4 is 46.4 Å². The number of rotatable bonds is 3. The third-order valence-corrected chi connectivity index (χ3v) is 6.24. The van der Waals surface area contributed by atoms with E-state index in [1.165, 1.54) is 23.3 Å². The molecular formula is C17H26Cl2N4OS. The molecule has 0 bridgehead atoms. The van der Waals surface area contributed by atoms with Crippen LogP contribution in [-0.2, 0) is 19.5 Å². The van der Waals surface area contributed by atoms with Gasteiger partial charge in [0.25, 0.3) is 5.56 Å². The van der Waals surface area contributed by atoms with Crippen molar-refractivity contribution in [1.29, 1.82) is 0 Å². The summed E-state index contributed by atoms with van der Waals surface area (Å²) in [5.74, 6) is 0.775. The molecule has 1 atom stereocenters. The lowest BCUT2D eigenvalue weighted by Gasteiger charge is -2.30. The van der Waals surface area contributed by atoms with Crippen molar-refractivity contribution in [2.24, 2.45) is 5.92 Å². The molecule has 5 nitrogen and oxygen atoms in total. The molecule has 0 aromatic carbocycles. The minimum absolute atomic E-state index is 0. The van der Waals surface area contributed by atoms with E-state index >= 15 is 0 Å². The predicted octanol–water partition coefficient (Wildman–Crippen LogP) is 2.68. The second kappa shape index (κ2) is 8.82. The highest BCUT2D eigenvalue weighted by Gasteiger charge is 2.20. The summed E-state index contributed by atoms with van der Waals surface area (Å²) in [4.78, 5) is 22.1. The molecule has 0 spiro atoms. The van der Waals surface area contributed by atoms with Gasteiger partial charge in [0.15, 0.2) is 0 Å². The minimum atomic E-state index is 0. The summed E-state index contributed by atoms with van der Waals surface area (Å²) in [5.41, 5.74) is 1.39. The van der Waals surface area contributed by atoms with Crippen LogP contribution in [0.3, 0.4) is 0 Å². The van der Waals surface area contributed by atoms with Gasteiger partial charge < -0.3 is 10.2 Å². The highest BCUT2D eigenvalue weighted by molar-refractivity contribution is 7.18. The Balaban J connectivity index is 0.00000113. The lowest BCUT2D eigenvalue weighted by atomic mass is 10.0. The van der Waals surface area contributed by atoms with Gasteiger partial charge in [0.05, 0.1) is 11.7 Å². The first-order valence-corrected chi connectivity index (χ1v) is 9.47. The van der Waals surface area contributed by atoms with E-state index in [0.717, 1.165) is 61.8 Å². The van der Waals surface area contributed by atoms with Gasteiger partial charge in [0, 0.05) is 31.1 Å². The maximum Gasteiger partial charge on any atom is 0.262 e. The monoisotopic (exact) mass is 404 g/mol. The zero-order valence-electron chi connectivity index (χ0n) is 14.5. The first kappa shape index (κ1) is 20.6. The summed E-state index contributed by atoms with van der Waals surface area (Å²) in [6.45, 7) is 8.17. The molecule has 4 rings (SSSR count). The number of fused-ring (bicyclic) bond motifs is 3. The second-order valence-electron chi connectivity index (χ2n) is 6.90. The first-order chi connectivity index (χ1) is 11.2. The van der Waals surface area contributed by atoms with Crippen LogP contribution in [0.1, 0.15) is 30.2 Å². The van der Waals surface area contributed by atoms with Crippen LogP contribution < -0.4 is 10.9 Å². The molecule has 0 aliphatic carbocycles. The summed E-state index contributed by atoms with van der Waals surface area (Å²) in [6, 6.07) is 0. The van der Waals surface area contributed by atoms with Crippen LogP contribution >= 0.6 is 36.2 Å². The lowest BCUT2D eigenvalue weighted by molar-refractivity contribution is 0.177. The molecule has 8 heteroatoms. The maximum absolute atomic E-state index is 12.9. The molecule has 140 valence electrons. The van der Waals surface area contributed by atoms with Crippen molar-refractivity contribution < 1.29 is 0 Å². The predicted molar refractivity (Wildman–Crippen MR) is 109 cm³/mol. The quantitative estimate of drug-likeness (QED) is 0.853. The average molecular weight is 405 g/mol. The number of likely N-dealkylation sites (tertiary alicyclic amines) is 1. The van der Waals surface area contributed by atoms with E-state index in [9.17, 15) is 4.79 Å². The van der Waals surface area contributed by atoms with Gasteiger partial charge >= 0.3 is 0 Å². The van der Waals surface area contributed by atoms with Crippen LogP contribution in [-0.4, -0.2) is 40.6 Å². The summed E-state index contributed by atoms with van der Waals surface area (Å²) >= 11 is 1.67. The number of halogens is 2. The smallest absolute Gasteiger partial charge is 0.262 e. The van der Waals surface area contributed by atoms with Crippen molar-refractivity contribution in [3.8, 4) is 0 Å². The van der Waals surface area contributed by atoms with E-state index in [4.69, 9.17) is 0 Å². The zero-order valence-corrected chi connectivity index (χ0v) is 16.9. The highest BCUT2D eigenvalue weighted by Crippen LogP contribution is 2.29. The molecule has 2 aromatic heterocycles. The number of nitrogens with zero attached hydrogens (tertiary/aromatic N) is 3. The third kappa shape index (κ3) is 4.19. The van der Waals surface area contributed by atoms with Crippen LogP contribution in [0.4, 0.5) is 0 Å². The Labute approximate surface area is 164 Å². The van der Waals surface area contributed by atoms with Gasteiger partial charge in [0.1, 0.15) is 4.83 Å². The highest BCUT2D eigenvalue weighted by atomic mass is 35.5. The molecule has 1 fully saturated rings. The minimum Gasteiger partial charge on any atom is -0.312 e. The Morgan fingerprint density at radius 2 is 2.20 bits per heavy atom. The van der Waals surface area contributed by atoms with E-state index < -0.39 is 0 Å². The molecule has 2 aliphatic rings. The largest absolute Gasteiger partial charge is 0.312 e. The van der Waals surface area contributed by atoms with E-state index in [1.807, 2.05) is 4.57 Å². The van der Waals surface area contributed by atoms with Gasteiger partial charge in [-0.25, -0.2) is 4.98 Å². The number of piperidine rings is 1. The fraction of sp³-hybridized carbons (Fsp3) is 0.647. The SMILES string of the molecule is CC1CCCN(CCn2cnc3sc4c(c3c2=O)CCNC4)C1.Cl.Cl. The number of thiophene rings is 1. The van der Waals surface area contributed by atoms with Crippen molar-refractivity contribution in [2.45, 2.75) is 39.3 Å². The van der Waals surface area contributed by atoms with Crippen LogP contribution in [0.5, 0.6) is 0 Å². The fourth-order valence-corrected chi connectivity index (χ4v) is 5.00. The lowest BCUT2D eigenvalue weighted by Crippen LogP contribution is -2.37. The van der Waals surface area contributed by atoms with Gasteiger partial charge in [-0.15, -0.1) is 36.2 Å². The molecule has 0 saturated carbocycles. The van der Waals surface area contributed by atoms with Crippen LogP contribution in [0.15, 0.2) is 11.1 Å². The van der Waals surface area contributed by atoms with E-state index in [0.29, 0.717) is 0 Å². The van der Waals surface area contributed by atoms with Crippen LogP contribution in [0.25, 0.3) is 10.2 Å². The summed E-state index contributed by atoms with van der Waals surface area (Å²) in [7, 11) is 0. The number of aromatic nitrogens is 2. The average Bonchev–Trinajstić information content (AvgIpc) is 2.93. The molecule has 1 unspecified atom stereocenters. The Morgan fingerprint density at radius 3 is 3.00 bits per heavy atom. The van der Waals surface area contributed by atoms with Gasteiger partial charge in [-0.05, 0) is 43.8 Å². The van der Waals surface area contributed by atoms with Gasteiger partial charge in [-0.3, -0.25) is 9.36 Å². The molecule has 1 N–H and O–H groups in total. The Bertz CT molecular complexity index is 776. The molecule has 1 saturated heterocycles. The molecule has 0 amide bonds. The standard InChI is InChI=1S/C17H24N4OS.2ClH/c1-12-3-2-6-20(10-12)7-8-21-11-19-16-15(17(21)22)13-4-5-18-9-14(13)23-16;;/h11-12,18H,2-10H2,1H3;2*1H. The van der Waals surface area contributed by atoms with Gasteiger partial charge in [-0.1, -0.05) is 6.92 Å². The fourth-order valence-electron chi connectivity index (χ4n) is 3.85. The van der Waals surface area contributed by atoms with Gasteiger partial charge in [0.2, 0.25) is 0 Å². The zero-order chi connectivity index (χ0) is 15.8. The molecule has 2 aromatic rings. The Kier molecular flexibility index (Phi) is 7.29. The Hall–Kier alpha value is -0.660. The molecule has 0 radical (unpaired) electrons. The first-order valence-electron chi connectivity index (χ1n) is 8.65. The third-order valence-electron chi connectivity index (χ3n) is 5.10. The van der Waals surface area contributed by atoms with E-state index in [1.54, 1.807) is 17.7 Å². The van der Waals surface area contributed by atoms with Crippen molar-refractivity contribution in [3.05, 3.63) is 27.1 Å². The van der Waals surface area contributed by atoms with E-state index in [-0.39, 0.29) is 30.4 Å². The topological polar surface area (TPSA) is 50.2 Å². The summed E-state index contributed by atoms with van der Waals surface area (Å²) in [5, 5.41) is 4.25. The number of nitrogens with one attached hydrogen (secondary N) is 1. The number of hydrogen-bond acceptors (Lipinski definition) is 5. The summed E-state index contributed by atoms with van der Waals surface area (Å²) < 4.78 is 1.82.